The molecule has 0 heterocycles. The summed E-state index contributed by atoms with van der Waals surface area (Å²) >= 11 is 0. The average Bonchev–Trinajstić information content (AvgIpc) is 2.72. The van der Waals surface area contributed by atoms with Crippen molar-refractivity contribution in [2.75, 3.05) is 21.3 Å². The molecule has 1 aromatic rings. The number of carbonyl (C=O) groups is 1. The maximum absolute atomic E-state index is 11.9. The van der Waals surface area contributed by atoms with Crippen molar-refractivity contribution in [1.29, 1.82) is 0 Å². The smallest absolute Gasteiger partial charge is 0.211 e. The van der Waals surface area contributed by atoms with Crippen molar-refractivity contribution in [3.63, 3.8) is 0 Å². The molecule has 0 saturated heterocycles. The first-order chi connectivity index (χ1) is 8.67. The molecule has 0 radical (unpaired) electrons. The summed E-state index contributed by atoms with van der Waals surface area (Å²) in [6.45, 7) is 0. The van der Waals surface area contributed by atoms with E-state index in [1.54, 1.807) is 6.07 Å². The Hall–Kier alpha value is -2.24. The van der Waals surface area contributed by atoms with Crippen LogP contribution in [0, 0.1) is 0 Å². The van der Waals surface area contributed by atoms with Gasteiger partial charge in [0.2, 0.25) is 11.5 Å². The van der Waals surface area contributed by atoms with Crippen molar-refractivity contribution < 1.29 is 24.2 Å². The first-order valence-electron chi connectivity index (χ1n) is 5.25. The number of Topliss-reactive ketones (excluding diaryl/α,β-unsaturated/α-hetero) is 1. The van der Waals surface area contributed by atoms with Gasteiger partial charge in [-0.2, -0.15) is 0 Å². The van der Waals surface area contributed by atoms with Gasteiger partial charge in [-0.25, -0.2) is 0 Å². The van der Waals surface area contributed by atoms with E-state index in [2.05, 4.69) is 5.16 Å². The highest BCUT2D eigenvalue weighted by Gasteiger charge is 2.33. The fourth-order valence-corrected chi connectivity index (χ4v) is 2.08. The van der Waals surface area contributed by atoms with Gasteiger partial charge in [-0.05, 0) is 6.07 Å². The van der Waals surface area contributed by atoms with Crippen LogP contribution in [-0.4, -0.2) is 38.0 Å². The molecule has 1 aliphatic rings. The molecule has 0 bridgehead atoms. The average molecular weight is 251 g/mol. The Balaban J connectivity index is 2.71. The van der Waals surface area contributed by atoms with E-state index in [4.69, 9.17) is 19.4 Å². The summed E-state index contributed by atoms with van der Waals surface area (Å²) in [5, 5.41) is 11.8. The van der Waals surface area contributed by atoms with Gasteiger partial charge in [0.1, 0.15) is 5.71 Å². The van der Waals surface area contributed by atoms with Crippen LogP contribution in [0.4, 0.5) is 0 Å². The molecule has 0 fully saturated rings. The van der Waals surface area contributed by atoms with Gasteiger partial charge in [-0.1, -0.05) is 5.16 Å². The molecule has 0 aliphatic heterocycles. The van der Waals surface area contributed by atoms with E-state index in [0.29, 0.717) is 28.4 Å². The zero-order valence-electron chi connectivity index (χ0n) is 10.3. The second-order valence-corrected chi connectivity index (χ2v) is 3.72. The fourth-order valence-electron chi connectivity index (χ4n) is 2.08. The molecule has 0 amide bonds. The van der Waals surface area contributed by atoms with Gasteiger partial charge >= 0.3 is 0 Å². The van der Waals surface area contributed by atoms with Crippen LogP contribution >= 0.6 is 0 Å². The van der Waals surface area contributed by atoms with Crippen LogP contribution in [0.3, 0.4) is 0 Å². The number of ketones is 1. The molecule has 0 unspecified atom stereocenters. The Labute approximate surface area is 104 Å². The number of methoxy groups -OCH3 is 3. The van der Waals surface area contributed by atoms with Gasteiger partial charge in [0, 0.05) is 17.5 Å². The molecular formula is C12H13NO5. The summed E-state index contributed by atoms with van der Waals surface area (Å²) in [6.07, 6.45) is 0.216. The molecule has 1 aromatic carbocycles. The lowest BCUT2D eigenvalue weighted by Crippen LogP contribution is -2.07. The molecule has 2 rings (SSSR count). The zero-order chi connectivity index (χ0) is 13.3. The molecule has 18 heavy (non-hydrogen) atoms. The van der Waals surface area contributed by atoms with E-state index in [0.717, 1.165) is 0 Å². The second-order valence-electron chi connectivity index (χ2n) is 3.72. The molecule has 1 N–H and O–H groups in total. The van der Waals surface area contributed by atoms with Crippen molar-refractivity contribution in [2.45, 2.75) is 6.42 Å². The van der Waals surface area contributed by atoms with Gasteiger partial charge in [-0.15, -0.1) is 0 Å². The zero-order valence-corrected chi connectivity index (χ0v) is 10.3. The monoisotopic (exact) mass is 251 g/mol. The highest BCUT2D eigenvalue weighted by atomic mass is 16.5. The van der Waals surface area contributed by atoms with Gasteiger partial charge in [0.25, 0.3) is 0 Å². The number of rotatable bonds is 3. The van der Waals surface area contributed by atoms with Crippen molar-refractivity contribution in [2.24, 2.45) is 5.16 Å². The third-order valence-corrected chi connectivity index (χ3v) is 2.90. The summed E-state index contributed by atoms with van der Waals surface area (Å²) in [6, 6.07) is 1.57. The summed E-state index contributed by atoms with van der Waals surface area (Å²) < 4.78 is 15.7. The summed E-state index contributed by atoms with van der Waals surface area (Å²) in [7, 11) is 4.45. The van der Waals surface area contributed by atoms with Gasteiger partial charge in [0.05, 0.1) is 21.3 Å². The predicted molar refractivity (Wildman–Crippen MR) is 63.4 cm³/mol. The lowest BCUT2D eigenvalue weighted by molar-refractivity contribution is 0.106. The molecule has 0 saturated carbocycles. The van der Waals surface area contributed by atoms with Gasteiger partial charge in [-0.3, -0.25) is 4.79 Å². The topological polar surface area (TPSA) is 77.3 Å². The molecule has 0 atom stereocenters. The molecule has 0 spiro atoms. The van der Waals surface area contributed by atoms with Crippen LogP contribution in [-0.2, 0) is 6.42 Å². The quantitative estimate of drug-likeness (QED) is 0.646. The number of hydrogen-bond donors (Lipinski definition) is 1. The summed E-state index contributed by atoms with van der Waals surface area (Å²) in [5.74, 6) is 0.928. The van der Waals surface area contributed by atoms with Crippen molar-refractivity contribution in [1.82, 2.24) is 0 Å². The van der Waals surface area contributed by atoms with Crippen LogP contribution in [0.2, 0.25) is 0 Å². The van der Waals surface area contributed by atoms with Crippen LogP contribution in [0.5, 0.6) is 17.2 Å². The third-order valence-electron chi connectivity index (χ3n) is 2.90. The fraction of sp³-hybridized carbons (Fsp3) is 0.333. The molecule has 6 nitrogen and oxygen atoms in total. The number of hydrogen-bond acceptors (Lipinski definition) is 6. The first kappa shape index (κ1) is 12.2. The number of benzene rings is 1. The van der Waals surface area contributed by atoms with Gasteiger partial charge in [0.15, 0.2) is 11.5 Å². The van der Waals surface area contributed by atoms with Crippen molar-refractivity contribution >= 4 is 11.5 Å². The summed E-state index contributed by atoms with van der Waals surface area (Å²) in [5.41, 5.74) is 1.14. The van der Waals surface area contributed by atoms with Crippen LogP contribution in [0.25, 0.3) is 0 Å². The lowest BCUT2D eigenvalue weighted by atomic mass is 10.1. The van der Waals surface area contributed by atoms with E-state index < -0.39 is 0 Å². The Kier molecular flexibility index (Phi) is 3.10. The van der Waals surface area contributed by atoms with Crippen LogP contribution in [0.1, 0.15) is 15.9 Å². The standard InChI is InChI=1S/C12H13NO5/c1-16-9-5-6-7(4-8(13-15)10(6)14)11(17-2)12(9)18-3/h5,15H,4H2,1-3H3/b13-8+. The van der Waals surface area contributed by atoms with E-state index in [1.807, 2.05) is 0 Å². The van der Waals surface area contributed by atoms with Crippen molar-refractivity contribution in [3.8, 4) is 17.2 Å². The van der Waals surface area contributed by atoms with E-state index >= 15 is 0 Å². The third kappa shape index (κ3) is 1.57. The maximum Gasteiger partial charge on any atom is 0.211 e. The Morgan fingerprint density at radius 2 is 1.83 bits per heavy atom. The highest BCUT2D eigenvalue weighted by molar-refractivity contribution is 6.49. The maximum atomic E-state index is 11.9. The number of nitrogens with zero attached hydrogens (tertiary/aromatic N) is 1. The Morgan fingerprint density at radius 1 is 1.17 bits per heavy atom. The van der Waals surface area contributed by atoms with Crippen LogP contribution in [0.15, 0.2) is 11.2 Å². The largest absolute Gasteiger partial charge is 0.493 e. The SMILES string of the molecule is COc1cc2c(c(OC)c1OC)C/C(=N\O)C2=O. The first-order valence-corrected chi connectivity index (χ1v) is 5.25. The number of fused-ring (bicyclic) bond motifs is 1. The highest BCUT2D eigenvalue weighted by Crippen LogP contribution is 2.44. The molecule has 1 aliphatic carbocycles. The number of carbonyl (C=O) groups excluding carboxylic acids is 1. The number of oxime groups is 1. The van der Waals surface area contributed by atoms with Gasteiger partial charge < -0.3 is 19.4 Å². The minimum Gasteiger partial charge on any atom is -0.493 e. The van der Waals surface area contributed by atoms with Crippen LogP contribution < -0.4 is 14.2 Å². The normalized spacial score (nSPS) is 15.7. The predicted octanol–water partition coefficient (Wildman–Crippen LogP) is 1.28. The summed E-state index contributed by atoms with van der Waals surface area (Å²) in [4.78, 5) is 11.9. The molecule has 96 valence electrons. The molecular weight excluding hydrogens is 238 g/mol. The second kappa shape index (κ2) is 4.56. The number of ether oxygens (including phenoxy) is 3. The van der Waals surface area contributed by atoms with E-state index in [9.17, 15) is 4.79 Å². The Morgan fingerprint density at radius 3 is 2.33 bits per heavy atom. The van der Waals surface area contributed by atoms with E-state index in [1.165, 1.54) is 21.3 Å². The lowest BCUT2D eigenvalue weighted by Gasteiger charge is -2.14. The van der Waals surface area contributed by atoms with E-state index in [-0.39, 0.29) is 17.9 Å². The van der Waals surface area contributed by atoms with Crippen molar-refractivity contribution in [3.05, 3.63) is 17.2 Å². The molecule has 0 aromatic heterocycles. The minimum absolute atomic E-state index is 0.0820. The minimum atomic E-state index is -0.327. The molecule has 6 heteroatoms. The Bertz CT molecular complexity index is 536.